The molecule has 0 bridgehead atoms. The molecular formula is C57H107NO8. The molecule has 1 heterocycles. The molecule has 0 saturated carbocycles. The van der Waals surface area contributed by atoms with Crippen molar-refractivity contribution in [2.45, 2.75) is 307 Å². The lowest BCUT2D eigenvalue weighted by atomic mass is 9.99. The quantitative estimate of drug-likeness (QED) is 0.0261. The van der Waals surface area contributed by atoms with Gasteiger partial charge in [-0.05, 0) is 44.9 Å². The van der Waals surface area contributed by atoms with Gasteiger partial charge in [-0.1, -0.05) is 249 Å². The number of hydrogen-bond acceptors (Lipinski definition) is 8. The van der Waals surface area contributed by atoms with Crippen molar-refractivity contribution in [2.75, 3.05) is 13.2 Å². The molecule has 1 aliphatic heterocycles. The lowest BCUT2D eigenvalue weighted by molar-refractivity contribution is -0.302. The maximum absolute atomic E-state index is 13.0. The summed E-state index contributed by atoms with van der Waals surface area (Å²) in [6.07, 6.45) is 53.6. The number of amides is 1. The molecule has 1 fully saturated rings. The second-order valence-corrected chi connectivity index (χ2v) is 19.7. The van der Waals surface area contributed by atoms with E-state index in [-0.39, 0.29) is 12.5 Å². The molecule has 0 aromatic carbocycles. The number of unbranched alkanes of at least 4 members (excludes halogenated alkanes) is 34. The zero-order valence-corrected chi connectivity index (χ0v) is 43.0. The fourth-order valence-corrected chi connectivity index (χ4v) is 8.94. The summed E-state index contributed by atoms with van der Waals surface area (Å²) in [7, 11) is 0. The molecule has 7 atom stereocenters. The Morgan fingerprint density at radius 1 is 0.515 bits per heavy atom. The van der Waals surface area contributed by atoms with Gasteiger partial charge in [-0.15, -0.1) is 0 Å². The molecule has 0 radical (unpaired) electrons. The first-order chi connectivity index (χ1) is 32.3. The number of rotatable bonds is 48. The second-order valence-electron chi connectivity index (χ2n) is 19.7. The highest BCUT2D eigenvalue weighted by atomic mass is 16.7. The smallest absolute Gasteiger partial charge is 0.220 e. The Labute approximate surface area is 406 Å². The highest BCUT2D eigenvalue weighted by Crippen LogP contribution is 2.23. The molecule has 7 unspecified atom stereocenters. The molecule has 1 amide bonds. The minimum Gasteiger partial charge on any atom is -0.394 e. The van der Waals surface area contributed by atoms with Crippen LogP contribution in [0.2, 0.25) is 0 Å². The molecule has 1 rings (SSSR count). The molecule has 388 valence electrons. The van der Waals surface area contributed by atoms with Gasteiger partial charge in [0.15, 0.2) is 6.29 Å². The zero-order valence-electron chi connectivity index (χ0n) is 43.0. The number of carbonyl (C=O) groups excluding carboxylic acids is 1. The van der Waals surface area contributed by atoms with Crippen LogP contribution in [0.15, 0.2) is 36.5 Å². The summed E-state index contributed by atoms with van der Waals surface area (Å²) in [6.45, 7) is 3.75. The van der Waals surface area contributed by atoms with E-state index < -0.39 is 49.5 Å². The van der Waals surface area contributed by atoms with E-state index in [4.69, 9.17) is 9.47 Å². The molecular weight excluding hydrogens is 827 g/mol. The van der Waals surface area contributed by atoms with Gasteiger partial charge in [-0.3, -0.25) is 4.79 Å². The summed E-state index contributed by atoms with van der Waals surface area (Å²) < 4.78 is 11.2. The molecule has 1 aliphatic rings. The molecule has 6 N–H and O–H groups in total. The van der Waals surface area contributed by atoms with Crippen LogP contribution >= 0.6 is 0 Å². The average Bonchev–Trinajstić information content (AvgIpc) is 3.32. The van der Waals surface area contributed by atoms with Crippen LogP contribution in [0.3, 0.4) is 0 Å². The maximum Gasteiger partial charge on any atom is 0.220 e. The molecule has 1 saturated heterocycles. The van der Waals surface area contributed by atoms with E-state index in [1.807, 2.05) is 6.08 Å². The van der Waals surface area contributed by atoms with Crippen LogP contribution in [-0.2, 0) is 14.3 Å². The van der Waals surface area contributed by atoms with Crippen molar-refractivity contribution in [1.29, 1.82) is 0 Å². The van der Waals surface area contributed by atoms with Crippen molar-refractivity contribution in [1.82, 2.24) is 5.32 Å². The van der Waals surface area contributed by atoms with Crippen molar-refractivity contribution in [3.8, 4) is 0 Å². The van der Waals surface area contributed by atoms with Crippen LogP contribution in [0, 0.1) is 0 Å². The minimum atomic E-state index is -1.57. The molecule has 9 heteroatoms. The maximum atomic E-state index is 13.0. The van der Waals surface area contributed by atoms with Crippen molar-refractivity contribution in [3.63, 3.8) is 0 Å². The van der Waals surface area contributed by atoms with Gasteiger partial charge in [0, 0.05) is 6.42 Å². The van der Waals surface area contributed by atoms with Crippen molar-refractivity contribution in [3.05, 3.63) is 36.5 Å². The van der Waals surface area contributed by atoms with Crippen LogP contribution in [-0.4, -0.2) is 87.5 Å². The standard InChI is InChI=1S/C57H107NO8/c1-3-5-7-9-11-13-15-17-19-20-21-22-23-24-25-26-27-28-29-30-31-32-33-34-36-38-40-42-44-46-51(60)50(49-65-57-56(64)55(63)54(62)52(48-59)66-57)58-53(61)47-45-43-41-39-37-35-18-16-14-12-10-8-6-4-2/h10,12,16,18,44,46,50-52,54-57,59-60,62-64H,3-9,11,13-15,17,19-43,45,47-49H2,1-2H3,(H,58,61)/b12-10-,18-16-,46-44+. The number of allylic oxidation sites excluding steroid dienone is 5. The van der Waals surface area contributed by atoms with Gasteiger partial charge >= 0.3 is 0 Å². The average molecular weight is 934 g/mol. The first-order valence-electron chi connectivity index (χ1n) is 28.2. The van der Waals surface area contributed by atoms with E-state index in [9.17, 15) is 30.3 Å². The van der Waals surface area contributed by atoms with Gasteiger partial charge in [0.1, 0.15) is 24.4 Å². The summed E-state index contributed by atoms with van der Waals surface area (Å²) in [5.74, 6) is -0.189. The van der Waals surface area contributed by atoms with Gasteiger partial charge in [0.2, 0.25) is 5.91 Å². The zero-order chi connectivity index (χ0) is 48.0. The number of aliphatic hydroxyl groups excluding tert-OH is 5. The second kappa shape index (κ2) is 47.1. The predicted octanol–water partition coefficient (Wildman–Crippen LogP) is 13.6. The molecule has 9 nitrogen and oxygen atoms in total. The Morgan fingerprint density at radius 3 is 1.35 bits per heavy atom. The Morgan fingerprint density at radius 2 is 0.909 bits per heavy atom. The van der Waals surface area contributed by atoms with Crippen LogP contribution in [0.5, 0.6) is 0 Å². The largest absolute Gasteiger partial charge is 0.394 e. The third-order valence-electron chi connectivity index (χ3n) is 13.5. The third-order valence-corrected chi connectivity index (χ3v) is 13.5. The third kappa shape index (κ3) is 36.4. The first-order valence-corrected chi connectivity index (χ1v) is 28.2. The van der Waals surface area contributed by atoms with Crippen LogP contribution in [0.4, 0.5) is 0 Å². The molecule has 0 aromatic rings. The van der Waals surface area contributed by atoms with E-state index in [0.717, 1.165) is 70.6 Å². The summed E-state index contributed by atoms with van der Waals surface area (Å²) >= 11 is 0. The fourth-order valence-electron chi connectivity index (χ4n) is 8.94. The fraction of sp³-hybridized carbons (Fsp3) is 0.877. The summed E-state index contributed by atoms with van der Waals surface area (Å²) in [5, 5.41) is 54.4. The minimum absolute atomic E-state index is 0.189. The van der Waals surface area contributed by atoms with Gasteiger partial charge in [-0.2, -0.15) is 0 Å². The van der Waals surface area contributed by atoms with Crippen LogP contribution in [0.25, 0.3) is 0 Å². The van der Waals surface area contributed by atoms with Gasteiger partial charge < -0.3 is 40.3 Å². The Balaban J connectivity index is 2.19. The van der Waals surface area contributed by atoms with E-state index in [1.165, 1.54) is 173 Å². The summed E-state index contributed by atoms with van der Waals surface area (Å²) in [5.41, 5.74) is 0. The van der Waals surface area contributed by atoms with Crippen molar-refractivity contribution in [2.24, 2.45) is 0 Å². The molecule has 0 aliphatic carbocycles. The summed E-state index contributed by atoms with van der Waals surface area (Å²) in [4.78, 5) is 13.0. The highest BCUT2D eigenvalue weighted by molar-refractivity contribution is 5.76. The number of hydrogen-bond donors (Lipinski definition) is 6. The number of carbonyl (C=O) groups is 1. The lowest BCUT2D eigenvalue weighted by Crippen LogP contribution is -2.60. The highest BCUT2D eigenvalue weighted by Gasteiger charge is 2.44. The number of ether oxygens (including phenoxy) is 2. The Kier molecular flexibility index (Phi) is 44.6. The lowest BCUT2D eigenvalue weighted by Gasteiger charge is -2.40. The molecule has 66 heavy (non-hydrogen) atoms. The summed E-state index contributed by atoms with van der Waals surface area (Å²) in [6, 6.07) is -0.812. The number of aliphatic hydroxyl groups is 5. The van der Waals surface area contributed by atoms with E-state index in [2.05, 4.69) is 43.5 Å². The number of nitrogens with one attached hydrogen (secondary N) is 1. The monoisotopic (exact) mass is 934 g/mol. The van der Waals surface area contributed by atoms with E-state index >= 15 is 0 Å². The first kappa shape index (κ1) is 62.4. The topological polar surface area (TPSA) is 149 Å². The van der Waals surface area contributed by atoms with Crippen molar-refractivity contribution < 1.29 is 39.8 Å². The predicted molar refractivity (Wildman–Crippen MR) is 276 cm³/mol. The Hall–Kier alpha value is -1.59. The SMILES string of the molecule is CCCC/C=C\C/C=C\CCCCCCCC(=O)NC(COC1OC(CO)C(O)C(O)C1O)C(O)/C=C/CCCCCCCCCCCCCCCCCCCCCCCCCCCCC. The van der Waals surface area contributed by atoms with Gasteiger partial charge in [0.25, 0.3) is 0 Å². The van der Waals surface area contributed by atoms with Crippen LogP contribution < -0.4 is 5.32 Å². The van der Waals surface area contributed by atoms with E-state index in [1.54, 1.807) is 6.08 Å². The normalized spacial score (nSPS) is 20.0. The van der Waals surface area contributed by atoms with Gasteiger partial charge in [0.05, 0.1) is 25.4 Å². The molecule has 0 spiro atoms. The Bertz CT molecular complexity index is 1130. The van der Waals surface area contributed by atoms with Gasteiger partial charge in [-0.25, -0.2) is 0 Å². The van der Waals surface area contributed by atoms with Crippen molar-refractivity contribution >= 4 is 5.91 Å². The van der Waals surface area contributed by atoms with E-state index in [0.29, 0.717) is 6.42 Å². The van der Waals surface area contributed by atoms with Crippen LogP contribution in [0.1, 0.15) is 264 Å². The molecule has 0 aromatic heterocycles.